The van der Waals surface area contributed by atoms with Gasteiger partial charge in [-0.1, -0.05) is 54.1 Å². The monoisotopic (exact) mass is 243 g/mol. The zero-order valence-corrected chi connectivity index (χ0v) is 10.7. The Bertz CT molecular complexity index is 544. The van der Waals surface area contributed by atoms with Crippen LogP contribution in [-0.4, -0.2) is 5.17 Å². The van der Waals surface area contributed by atoms with Gasteiger partial charge in [0.1, 0.15) is 5.17 Å². The SMILES string of the molecule is Cc1cccc(N=C(Cl)c2ccccc2)c1C. The molecule has 0 aromatic heterocycles. The molecule has 0 aliphatic rings. The van der Waals surface area contributed by atoms with Crippen molar-refractivity contribution in [3.8, 4) is 0 Å². The van der Waals surface area contributed by atoms with E-state index < -0.39 is 0 Å². The average Bonchev–Trinajstić information content (AvgIpc) is 2.36. The van der Waals surface area contributed by atoms with Gasteiger partial charge in [0.15, 0.2) is 0 Å². The van der Waals surface area contributed by atoms with Crippen molar-refractivity contribution in [2.24, 2.45) is 4.99 Å². The Morgan fingerprint density at radius 1 is 0.941 bits per heavy atom. The van der Waals surface area contributed by atoms with E-state index in [-0.39, 0.29) is 0 Å². The molecule has 2 rings (SSSR count). The molecule has 0 aliphatic carbocycles. The van der Waals surface area contributed by atoms with Crippen molar-refractivity contribution in [1.29, 1.82) is 0 Å². The molecule has 0 fully saturated rings. The summed E-state index contributed by atoms with van der Waals surface area (Å²) in [6.45, 7) is 4.13. The van der Waals surface area contributed by atoms with E-state index in [2.05, 4.69) is 24.9 Å². The molecule has 2 aromatic rings. The summed E-state index contributed by atoms with van der Waals surface area (Å²) in [6, 6.07) is 15.8. The Hall–Kier alpha value is -1.60. The van der Waals surface area contributed by atoms with E-state index in [1.54, 1.807) is 0 Å². The Morgan fingerprint density at radius 2 is 1.65 bits per heavy atom. The molecule has 2 aromatic carbocycles. The van der Waals surface area contributed by atoms with Crippen molar-refractivity contribution in [2.75, 3.05) is 0 Å². The van der Waals surface area contributed by atoms with Crippen LogP contribution in [0.25, 0.3) is 0 Å². The van der Waals surface area contributed by atoms with Gasteiger partial charge in [0.25, 0.3) is 0 Å². The minimum Gasteiger partial charge on any atom is -0.236 e. The highest BCUT2D eigenvalue weighted by molar-refractivity contribution is 6.69. The number of aryl methyl sites for hydroxylation is 1. The van der Waals surface area contributed by atoms with Crippen LogP contribution in [0.1, 0.15) is 16.7 Å². The summed E-state index contributed by atoms with van der Waals surface area (Å²) in [4.78, 5) is 4.47. The molecule has 0 unspecified atom stereocenters. The fourth-order valence-corrected chi connectivity index (χ4v) is 1.82. The van der Waals surface area contributed by atoms with E-state index in [1.807, 2.05) is 42.5 Å². The number of rotatable bonds is 2. The van der Waals surface area contributed by atoms with Gasteiger partial charge < -0.3 is 0 Å². The fourth-order valence-electron chi connectivity index (χ4n) is 1.60. The molecule has 0 amide bonds. The van der Waals surface area contributed by atoms with Crippen LogP contribution in [0.5, 0.6) is 0 Å². The first kappa shape index (κ1) is 11.9. The third-order valence-electron chi connectivity index (χ3n) is 2.81. The Balaban J connectivity index is 2.40. The van der Waals surface area contributed by atoms with Crippen LogP contribution in [0, 0.1) is 13.8 Å². The molecule has 0 radical (unpaired) electrons. The number of hydrogen-bond acceptors (Lipinski definition) is 1. The predicted molar refractivity (Wildman–Crippen MR) is 74.4 cm³/mol. The van der Waals surface area contributed by atoms with Crippen molar-refractivity contribution < 1.29 is 0 Å². The zero-order valence-electron chi connectivity index (χ0n) is 9.94. The Morgan fingerprint density at radius 3 is 2.35 bits per heavy atom. The topological polar surface area (TPSA) is 12.4 Å². The van der Waals surface area contributed by atoms with Crippen LogP contribution in [0.4, 0.5) is 5.69 Å². The summed E-state index contributed by atoms with van der Waals surface area (Å²) >= 11 is 6.22. The molecule has 0 heterocycles. The Kier molecular flexibility index (Phi) is 3.60. The van der Waals surface area contributed by atoms with Gasteiger partial charge in [0.05, 0.1) is 5.69 Å². The molecule has 0 N–H and O–H groups in total. The molecular weight excluding hydrogens is 230 g/mol. The number of aliphatic imine (C=N–C) groups is 1. The highest BCUT2D eigenvalue weighted by Gasteiger charge is 2.02. The van der Waals surface area contributed by atoms with Gasteiger partial charge >= 0.3 is 0 Å². The van der Waals surface area contributed by atoms with Crippen LogP contribution >= 0.6 is 11.6 Å². The summed E-state index contributed by atoms with van der Waals surface area (Å²) in [7, 11) is 0. The maximum Gasteiger partial charge on any atom is 0.136 e. The van der Waals surface area contributed by atoms with Gasteiger partial charge in [-0.2, -0.15) is 0 Å². The van der Waals surface area contributed by atoms with E-state index >= 15 is 0 Å². The molecule has 0 saturated heterocycles. The number of halogens is 1. The van der Waals surface area contributed by atoms with Gasteiger partial charge in [-0.25, -0.2) is 4.99 Å². The molecule has 0 aliphatic heterocycles. The predicted octanol–water partition coefficient (Wildman–Crippen LogP) is 4.62. The van der Waals surface area contributed by atoms with Crippen molar-refractivity contribution >= 4 is 22.5 Å². The van der Waals surface area contributed by atoms with Gasteiger partial charge in [-0.05, 0) is 31.0 Å². The second-order valence-corrected chi connectivity index (χ2v) is 4.35. The van der Waals surface area contributed by atoms with Crippen LogP contribution in [0.3, 0.4) is 0 Å². The van der Waals surface area contributed by atoms with Gasteiger partial charge in [0.2, 0.25) is 0 Å². The maximum atomic E-state index is 6.22. The first-order chi connectivity index (χ1) is 8.18. The lowest BCUT2D eigenvalue weighted by Gasteiger charge is -2.04. The normalized spacial score (nSPS) is 11.6. The van der Waals surface area contributed by atoms with Gasteiger partial charge in [-0.3, -0.25) is 0 Å². The fraction of sp³-hybridized carbons (Fsp3) is 0.133. The number of hydrogen-bond donors (Lipinski definition) is 0. The molecule has 17 heavy (non-hydrogen) atoms. The molecule has 0 atom stereocenters. The molecule has 0 saturated carbocycles. The first-order valence-electron chi connectivity index (χ1n) is 5.54. The highest BCUT2D eigenvalue weighted by Crippen LogP contribution is 2.23. The minimum absolute atomic E-state index is 0.527. The minimum atomic E-state index is 0.527. The van der Waals surface area contributed by atoms with E-state index in [1.165, 1.54) is 11.1 Å². The summed E-state index contributed by atoms with van der Waals surface area (Å²) in [6.07, 6.45) is 0. The third-order valence-corrected chi connectivity index (χ3v) is 3.11. The van der Waals surface area contributed by atoms with Gasteiger partial charge in [-0.15, -0.1) is 0 Å². The van der Waals surface area contributed by atoms with Crippen molar-refractivity contribution in [3.05, 3.63) is 65.2 Å². The third kappa shape index (κ3) is 2.75. The molecule has 2 heteroatoms. The number of nitrogens with zero attached hydrogens (tertiary/aromatic N) is 1. The lowest BCUT2D eigenvalue weighted by atomic mass is 10.1. The molecular formula is C15H14ClN. The smallest absolute Gasteiger partial charge is 0.136 e. The average molecular weight is 244 g/mol. The van der Waals surface area contributed by atoms with Crippen LogP contribution in [0.15, 0.2) is 53.5 Å². The van der Waals surface area contributed by atoms with Crippen molar-refractivity contribution in [1.82, 2.24) is 0 Å². The first-order valence-corrected chi connectivity index (χ1v) is 5.92. The summed E-state index contributed by atoms with van der Waals surface area (Å²) < 4.78 is 0. The largest absolute Gasteiger partial charge is 0.236 e. The molecule has 0 bridgehead atoms. The van der Waals surface area contributed by atoms with E-state index in [4.69, 9.17) is 11.6 Å². The van der Waals surface area contributed by atoms with Gasteiger partial charge in [0, 0.05) is 5.56 Å². The van der Waals surface area contributed by atoms with E-state index in [0.29, 0.717) is 5.17 Å². The second-order valence-electron chi connectivity index (χ2n) is 3.99. The van der Waals surface area contributed by atoms with Crippen LogP contribution in [0.2, 0.25) is 0 Å². The number of benzene rings is 2. The lowest BCUT2D eigenvalue weighted by molar-refractivity contribution is 1.31. The molecule has 0 spiro atoms. The lowest BCUT2D eigenvalue weighted by Crippen LogP contribution is -1.90. The standard InChI is InChI=1S/C15H14ClN/c1-11-7-6-10-14(12(11)2)17-15(16)13-8-4-3-5-9-13/h3-10H,1-2H3. The van der Waals surface area contributed by atoms with Crippen molar-refractivity contribution in [2.45, 2.75) is 13.8 Å². The van der Waals surface area contributed by atoms with Crippen LogP contribution < -0.4 is 0 Å². The molecule has 1 nitrogen and oxygen atoms in total. The maximum absolute atomic E-state index is 6.22. The summed E-state index contributed by atoms with van der Waals surface area (Å²) in [5.74, 6) is 0. The summed E-state index contributed by atoms with van der Waals surface area (Å²) in [5.41, 5.74) is 4.26. The van der Waals surface area contributed by atoms with Crippen LogP contribution in [-0.2, 0) is 0 Å². The molecule has 86 valence electrons. The Labute approximate surface area is 107 Å². The van der Waals surface area contributed by atoms with E-state index in [9.17, 15) is 0 Å². The van der Waals surface area contributed by atoms with E-state index in [0.717, 1.165) is 11.3 Å². The zero-order chi connectivity index (χ0) is 12.3. The quantitative estimate of drug-likeness (QED) is 0.683. The highest BCUT2D eigenvalue weighted by atomic mass is 35.5. The second kappa shape index (κ2) is 5.15. The van der Waals surface area contributed by atoms with Crippen molar-refractivity contribution in [3.63, 3.8) is 0 Å². The summed E-state index contributed by atoms with van der Waals surface area (Å²) in [5, 5.41) is 0.527.